The van der Waals surface area contributed by atoms with Crippen LogP contribution >= 0.6 is 0 Å². The van der Waals surface area contributed by atoms with Gasteiger partial charge in [0.2, 0.25) is 0 Å². The fourth-order valence-electron chi connectivity index (χ4n) is 2.88. The normalized spacial score (nSPS) is 29.0. The SMILES string of the molecule is CCOCCC(N)C1CCCCC1CC. The molecule has 0 aliphatic heterocycles. The molecule has 2 heteroatoms. The molecule has 0 bridgehead atoms. The summed E-state index contributed by atoms with van der Waals surface area (Å²) in [7, 11) is 0. The molecule has 90 valence electrons. The molecular formula is C13H27NO. The average Bonchev–Trinajstić information content (AvgIpc) is 2.29. The monoisotopic (exact) mass is 213 g/mol. The molecule has 0 radical (unpaired) electrons. The van der Waals surface area contributed by atoms with Crippen LogP contribution in [-0.4, -0.2) is 19.3 Å². The Labute approximate surface area is 94.6 Å². The zero-order valence-corrected chi connectivity index (χ0v) is 10.4. The molecule has 0 amide bonds. The molecule has 0 aromatic heterocycles. The molecule has 1 fully saturated rings. The van der Waals surface area contributed by atoms with E-state index in [1.165, 1.54) is 32.1 Å². The van der Waals surface area contributed by atoms with Gasteiger partial charge in [0.25, 0.3) is 0 Å². The van der Waals surface area contributed by atoms with E-state index in [-0.39, 0.29) is 0 Å². The maximum absolute atomic E-state index is 6.28. The highest BCUT2D eigenvalue weighted by Gasteiger charge is 2.28. The lowest BCUT2D eigenvalue weighted by atomic mass is 9.73. The van der Waals surface area contributed by atoms with Crippen LogP contribution < -0.4 is 5.73 Å². The van der Waals surface area contributed by atoms with Gasteiger partial charge in [-0.3, -0.25) is 0 Å². The van der Waals surface area contributed by atoms with E-state index < -0.39 is 0 Å². The Morgan fingerprint density at radius 1 is 1.27 bits per heavy atom. The van der Waals surface area contributed by atoms with Crippen molar-refractivity contribution in [2.45, 2.75) is 58.4 Å². The fraction of sp³-hybridized carbons (Fsp3) is 1.00. The first-order valence-electron chi connectivity index (χ1n) is 6.62. The minimum atomic E-state index is 0.363. The van der Waals surface area contributed by atoms with E-state index in [4.69, 9.17) is 10.5 Å². The van der Waals surface area contributed by atoms with Crippen LogP contribution in [0.2, 0.25) is 0 Å². The van der Waals surface area contributed by atoms with Crippen molar-refractivity contribution in [2.75, 3.05) is 13.2 Å². The van der Waals surface area contributed by atoms with E-state index >= 15 is 0 Å². The number of hydrogen-bond donors (Lipinski definition) is 1. The van der Waals surface area contributed by atoms with Crippen LogP contribution in [0.15, 0.2) is 0 Å². The third-order valence-electron chi connectivity index (χ3n) is 3.84. The van der Waals surface area contributed by atoms with Gasteiger partial charge in [-0.2, -0.15) is 0 Å². The third kappa shape index (κ3) is 4.12. The van der Waals surface area contributed by atoms with Crippen molar-refractivity contribution in [3.8, 4) is 0 Å². The van der Waals surface area contributed by atoms with Gasteiger partial charge in [-0.05, 0) is 31.6 Å². The van der Waals surface area contributed by atoms with E-state index in [0.29, 0.717) is 6.04 Å². The molecule has 3 atom stereocenters. The molecule has 2 N–H and O–H groups in total. The van der Waals surface area contributed by atoms with Crippen LogP contribution in [-0.2, 0) is 4.74 Å². The van der Waals surface area contributed by atoms with E-state index in [1.807, 2.05) is 6.92 Å². The highest BCUT2D eigenvalue weighted by atomic mass is 16.5. The molecule has 1 aliphatic rings. The highest BCUT2D eigenvalue weighted by molar-refractivity contribution is 4.82. The smallest absolute Gasteiger partial charge is 0.0480 e. The van der Waals surface area contributed by atoms with Gasteiger partial charge in [0, 0.05) is 19.3 Å². The first-order chi connectivity index (χ1) is 7.29. The van der Waals surface area contributed by atoms with Crippen molar-refractivity contribution in [1.82, 2.24) is 0 Å². The molecule has 15 heavy (non-hydrogen) atoms. The third-order valence-corrected chi connectivity index (χ3v) is 3.84. The summed E-state index contributed by atoms with van der Waals surface area (Å²) in [5.41, 5.74) is 6.28. The minimum Gasteiger partial charge on any atom is -0.382 e. The van der Waals surface area contributed by atoms with Crippen molar-refractivity contribution < 1.29 is 4.74 Å². The molecule has 0 saturated heterocycles. The Bertz CT molecular complexity index is 161. The average molecular weight is 213 g/mol. The summed E-state index contributed by atoms with van der Waals surface area (Å²) in [4.78, 5) is 0. The van der Waals surface area contributed by atoms with Crippen LogP contribution in [0.25, 0.3) is 0 Å². The Morgan fingerprint density at radius 3 is 2.67 bits per heavy atom. The molecule has 1 rings (SSSR count). The Morgan fingerprint density at radius 2 is 2.00 bits per heavy atom. The van der Waals surface area contributed by atoms with Gasteiger partial charge in [-0.25, -0.2) is 0 Å². The lowest BCUT2D eigenvalue weighted by Crippen LogP contribution is -2.37. The van der Waals surface area contributed by atoms with Crippen LogP contribution in [0.3, 0.4) is 0 Å². The molecule has 0 heterocycles. The van der Waals surface area contributed by atoms with Gasteiger partial charge in [-0.1, -0.05) is 32.6 Å². The summed E-state index contributed by atoms with van der Waals surface area (Å²) < 4.78 is 5.38. The first kappa shape index (κ1) is 13.0. The summed E-state index contributed by atoms with van der Waals surface area (Å²) in [5, 5.41) is 0. The number of hydrogen-bond acceptors (Lipinski definition) is 2. The Balaban J connectivity index is 2.31. The first-order valence-corrected chi connectivity index (χ1v) is 6.62. The Kier molecular flexibility index (Phi) is 6.26. The van der Waals surface area contributed by atoms with E-state index in [2.05, 4.69) is 6.92 Å². The van der Waals surface area contributed by atoms with Crippen LogP contribution in [0.5, 0.6) is 0 Å². The van der Waals surface area contributed by atoms with E-state index in [9.17, 15) is 0 Å². The van der Waals surface area contributed by atoms with Crippen molar-refractivity contribution >= 4 is 0 Å². The van der Waals surface area contributed by atoms with Crippen molar-refractivity contribution in [3.63, 3.8) is 0 Å². The molecule has 1 aliphatic carbocycles. The fourth-order valence-corrected chi connectivity index (χ4v) is 2.88. The summed E-state index contributed by atoms with van der Waals surface area (Å²) in [6.45, 7) is 6.00. The molecule has 2 nitrogen and oxygen atoms in total. The van der Waals surface area contributed by atoms with Gasteiger partial charge in [0.1, 0.15) is 0 Å². The highest BCUT2D eigenvalue weighted by Crippen LogP contribution is 2.34. The zero-order valence-electron chi connectivity index (χ0n) is 10.4. The van der Waals surface area contributed by atoms with Gasteiger partial charge in [-0.15, -0.1) is 0 Å². The molecule has 0 aromatic rings. The maximum Gasteiger partial charge on any atom is 0.0480 e. The lowest BCUT2D eigenvalue weighted by molar-refractivity contribution is 0.117. The second kappa shape index (κ2) is 7.24. The second-order valence-corrected chi connectivity index (χ2v) is 4.77. The lowest BCUT2D eigenvalue weighted by Gasteiger charge is -2.35. The summed E-state index contributed by atoms with van der Waals surface area (Å²) in [6.07, 6.45) is 7.86. The zero-order chi connectivity index (χ0) is 11.1. The van der Waals surface area contributed by atoms with Crippen molar-refractivity contribution in [2.24, 2.45) is 17.6 Å². The van der Waals surface area contributed by atoms with Gasteiger partial charge >= 0.3 is 0 Å². The standard InChI is InChI=1S/C13H27NO/c1-3-11-7-5-6-8-12(11)13(14)9-10-15-4-2/h11-13H,3-10,14H2,1-2H3. The molecule has 3 unspecified atom stereocenters. The van der Waals surface area contributed by atoms with Crippen molar-refractivity contribution in [3.05, 3.63) is 0 Å². The van der Waals surface area contributed by atoms with Crippen LogP contribution in [0.4, 0.5) is 0 Å². The van der Waals surface area contributed by atoms with Crippen LogP contribution in [0.1, 0.15) is 52.4 Å². The predicted molar refractivity (Wildman–Crippen MR) is 64.8 cm³/mol. The van der Waals surface area contributed by atoms with Crippen LogP contribution in [0, 0.1) is 11.8 Å². The second-order valence-electron chi connectivity index (χ2n) is 4.77. The largest absolute Gasteiger partial charge is 0.382 e. The summed E-state index contributed by atoms with van der Waals surface area (Å²) in [6, 6.07) is 0.363. The summed E-state index contributed by atoms with van der Waals surface area (Å²) >= 11 is 0. The van der Waals surface area contributed by atoms with E-state index in [0.717, 1.165) is 31.5 Å². The predicted octanol–water partition coefficient (Wildman–Crippen LogP) is 2.96. The number of nitrogens with two attached hydrogens (primary N) is 1. The molecule has 0 aromatic carbocycles. The molecular weight excluding hydrogens is 186 g/mol. The van der Waals surface area contributed by atoms with Crippen molar-refractivity contribution in [1.29, 1.82) is 0 Å². The number of ether oxygens (including phenoxy) is 1. The maximum atomic E-state index is 6.28. The topological polar surface area (TPSA) is 35.2 Å². The molecule has 0 spiro atoms. The minimum absolute atomic E-state index is 0.363. The number of rotatable bonds is 6. The van der Waals surface area contributed by atoms with Gasteiger partial charge in [0.05, 0.1) is 0 Å². The Hall–Kier alpha value is -0.0800. The van der Waals surface area contributed by atoms with Gasteiger partial charge in [0.15, 0.2) is 0 Å². The quantitative estimate of drug-likeness (QED) is 0.688. The van der Waals surface area contributed by atoms with Gasteiger partial charge < -0.3 is 10.5 Å². The molecule has 1 saturated carbocycles. The van der Waals surface area contributed by atoms with E-state index in [1.54, 1.807) is 0 Å². The summed E-state index contributed by atoms with van der Waals surface area (Å²) in [5.74, 6) is 1.62.